The van der Waals surface area contributed by atoms with Gasteiger partial charge in [0.2, 0.25) is 5.91 Å². The molecule has 0 saturated heterocycles. The van der Waals surface area contributed by atoms with Crippen LogP contribution >= 0.6 is 0 Å². The average Bonchev–Trinajstić information content (AvgIpc) is 2.56. The van der Waals surface area contributed by atoms with Crippen molar-refractivity contribution in [1.29, 1.82) is 0 Å². The van der Waals surface area contributed by atoms with Crippen molar-refractivity contribution in [1.82, 2.24) is 10.4 Å². The van der Waals surface area contributed by atoms with E-state index in [1.807, 2.05) is 32.0 Å². The van der Waals surface area contributed by atoms with E-state index in [2.05, 4.69) is 12.1 Å². The van der Waals surface area contributed by atoms with Gasteiger partial charge in [0.25, 0.3) is 5.91 Å². The van der Waals surface area contributed by atoms with Gasteiger partial charge in [0.1, 0.15) is 0 Å². The minimum absolute atomic E-state index is 0.275. The predicted molar refractivity (Wildman–Crippen MR) is 88.7 cm³/mol. The van der Waals surface area contributed by atoms with Gasteiger partial charge in [-0.15, -0.1) is 0 Å². The summed E-state index contributed by atoms with van der Waals surface area (Å²) in [5, 5.41) is 8.61. The molecule has 0 radical (unpaired) electrons. The summed E-state index contributed by atoms with van der Waals surface area (Å²) in [6.45, 7) is 5.09. The number of nitrogens with zero attached hydrogens (tertiary/aromatic N) is 1. The fourth-order valence-corrected chi connectivity index (χ4v) is 2.39. The second kappa shape index (κ2) is 9.97. The lowest BCUT2D eigenvalue weighted by Gasteiger charge is -2.26. The van der Waals surface area contributed by atoms with Crippen LogP contribution in [-0.4, -0.2) is 41.1 Å². The maximum atomic E-state index is 12.3. The molecule has 0 aliphatic carbocycles. The summed E-state index contributed by atoms with van der Waals surface area (Å²) in [6.07, 6.45) is 2.74. The highest BCUT2D eigenvalue weighted by Gasteiger charge is 2.27. The lowest BCUT2D eigenvalue weighted by Crippen LogP contribution is -2.52. The van der Waals surface area contributed by atoms with Crippen LogP contribution in [0.25, 0.3) is 0 Å². The summed E-state index contributed by atoms with van der Waals surface area (Å²) in [5.41, 5.74) is 8.28. The monoisotopic (exact) mass is 321 g/mol. The molecular weight excluding hydrogens is 294 g/mol. The van der Waals surface area contributed by atoms with E-state index in [4.69, 9.17) is 10.9 Å². The van der Waals surface area contributed by atoms with Crippen molar-refractivity contribution in [2.24, 2.45) is 11.7 Å². The van der Waals surface area contributed by atoms with Crippen molar-refractivity contribution < 1.29 is 14.8 Å². The van der Waals surface area contributed by atoms with Crippen LogP contribution in [0.5, 0.6) is 0 Å². The van der Waals surface area contributed by atoms with Gasteiger partial charge >= 0.3 is 0 Å². The first kappa shape index (κ1) is 19.1. The number of benzene rings is 1. The van der Waals surface area contributed by atoms with Gasteiger partial charge in [-0.3, -0.25) is 14.8 Å². The molecule has 1 aromatic rings. The summed E-state index contributed by atoms with van der Waals surface area (Å²) < 4.78 is 0. The second-order valence-corrected chi connectivity index (χ2v) is 6.07. The Morgan fingerprint density at radius 1 is 1.22 bits per heavy atom. The van der Waals surface area contributed by atoms with Crippen molar-refractivity contribution in [3.8, 4) is 0 Å². The zero-order valence-corrected chi connectivity index (χ0v) is 13.9. The van der Waals surface area contributed by atoms with Gasteiger partial charge in [0, 0.05) is 13.1 Å². The molecule has 0 fully saturated rings. The van der Waals surface area contributed by atoms with Crippen LogP contribution in [0.1, 0.15) is 32.3 Å². The number of aryl methyl sites for hydroxylation is 1. The van der Waals surface area contributed by atoms with Crippen molar-refractivity contribution in [2.75, 3.05) is 13.1 Å². The van der Waals surface area contributed by atoms with Crippen LogP contribution < -0.4 is 11.2 Å². The van der Waals surface area contributed by atoms with E-state index < -0.39 is 17.9 Å². The highest BCUT2D eigenvalue weighted by Crippen LogP contribution is 2.08. The molecule has 23 heavy (non-hydrogen) atoms. The number of unbranched alkanes of at least 4 members (excludes halogenated alkanes) is 1. The van der Waals surface area contributed by atoms with Crippen molar-refractivity contribution in [2.45, 2.75) is 39.2 Å². The fourth-order valence-electron chi connectivity index (χ4n) is 2.39. The third-order valence-electron chi connectivity index (χ3n) is 3.54. The quantitative estimate of drug-likeness (QED) is 0.277. The third kappa shape index (κ3) is 6.80. The number of amides is 2. The van der Waals surface area contributed by atoms with Crippen LogP contribution in [0.4, 0.5) is 0 Å². The number of hydrogen-bond acceptors (Lipinski definition) is 4. The summed E-state index contributed by atoms with van der Waals surface area (Å²) in [5.74, 6) is -1.06. The minimum Gasteiger partial charge on any atom is -0.341 e. The number of nitrogens with two attached hydrogens (primary N) is 1. The summed E-state index contributed by atoms with van der Waals surface area (Å²) in [4.78, 5) is 25.2. The Morgan fingerprint density at radius 3 is 2.43 bits per heavy atom. The van der Waals surface area contributed by atoms with Crippen LogP contribution in [0, 0.1) is 5.92 Å². The van der Waals surface area contributed by atoms with Gasteiger partial charge < -0.3 is 10.6 Å². The van der Waals surface area contributed by atoms with Gasteiger partial charge in [-0.05, 0) is 30.7 Å². The maximum absolute atomic E-state index is 12.3. The molecule has 0 heterocycles. The largest absolute Gasteiger partial charge is 0.341 e. The van der Waals surface area contributed by atoms with Crippen LogP contribution in [0.3, 0.4) is 0 Å². The fraction of sp³-hybridized carbons (Fsp3) is 0.529. The smallest absolute Gasteiger partial charge is 0.269 e. The van der Waals surface area contributed by atoms with Crippen molar-refractivity contribution >= 4 is 11.8 Å². The normalized spacial score (nSPS) is 12.0. The second-order valence-electron chi connectivity index (χ2n) is 6.07. The lowest BCUT2D eigenvalue weighted by molar-refractivity contribution is -0.142. The van der Waals surface area contributed by atoms with Crippen molar-refractivity contribution in [3.63, 3.8) is 0 Å². The van der Waals surface area contributed by atoms with E-state index in [0.717, 1.165) is 19.3 Å². The molecule has 0 aliphatic rings. The molecule has 0 spiro atoms. The van der Waals surface area contributed by atoms with Crippen LogP contribution in [0.15, 0.2) is 30.3 Å². The molecule has 0 aliphatic heterocycles. The summed E-state index contributed by atoms with van der Waals surface area (Å²) in [6, 6.07) is 8.80. The third-order valence-corrected chi connectivity index (χ3v) is 3.54. The highest BCUT2D eigenvalue weighted by molar-refractivity contribution is 6.03. The molecule has 128 valence electrons. The molecule has 0 aromatic heterocycles. The Kier molecular flexibility index (Phi) is 8.29. The molecule has 1 aromatic carbocycles. The standard InChI is InChI=1S/C17H27N3O3/c1-13(2)12-20(17(22)15(18)16(21)19-23)11-7-6-10-14-8-4-3-5-9-14/h3-5,8-9,13,15,23H,6-7,10-12,18H2,1-2H3,(H,19,21). The molecule has 1 atom stereocenters. The molecule has 1 rings (SSSR count). The zero-order chi connectivity index (χ0) is 17.2. The number of nitrogens with one attached hydrogen (secondary N) is 1. The first-order chi connectivity index (χ1) is 11.0. The van der Waals surface area contributed by atoms with Gasteiger partial charge in [-0.25, -0.2) is 5.48 Å². The maximum Gasteiger partial charge on any atom is 0.269 e. The topological polar surface area (TPSA) is 95.7 Å². The zero-order valence-electron chi connectivity index (χ0n) is 13.9. The highest BCUT2D eigenvalue weighted by atomic mass is 16.5. The van der Waals surface area contributed by atoms with Crippen LogP contribution in [-0.2, 0) is 16.0 Å². The molecule has 1 unspecified atom stereocenters. The van der Waals surface area contributed by atoms with Gasteiger partial charge in [0.05, 0.1) is 0 Å². The number of carbonyl (C=O) groups excluding carboxylic acids is 2. The Balaban J connectivity index is 2.50. The van der Waals surface area contributed by atoms with E-state index >= 15 is 0 Å². The van der Waals surface area contributed by atoms with Gasteiger partial charge in [0.15, 0.2) is 6.04 Å². The molecule has 2 amide bonds. The molecule has 0 bridgehead atoms. The Labute approximate surface area is 137 Å². The lowest BCUT2D eigenvalue weighted by atomic mass is 10.1. The molecule has 6 nitrogen and oxygen atoms in total. The van der Waals surface area contributed by atoms with E-state index in [9.17, 15) is 9.59 Å². The molecule has 0 saturated carbocycles. The number of rotatable bonds is 9. The molecule has 4 N–H and O–H groups in total. The first-order valence-electron chi connectivity index (χ1n) is 7.98. The van der Waals surface area contributed by atoms with Crippen molar-refractivity contribution in [3.05, 3.63) is 35.9 Å². The number of hydroxylamine groups is 1. The SMILES string of the molecule is CC(C)CN(CCCCc1ccccc1)C(=O)C(N)C(=O)NO. The molecule has 6 heteroatoms. The Bertz CT molecular complexity index is 491. The van der Waals surface area contributed by atoms with Gasteiger partial charge in [-0.2, -0.15) is 0 Å². The predicted octanol–water partition coefficient (Wildman–Crippen LogP) is 1.33. The number of hydrogen-bond donors (Lipinski definition) is 3. The number of carbonyl (C=O) groups is 2. The first-order valence-corrected chi connectivity index (χ1v) is 7.98. The van der Waals surface area contributed by atoms with E-state index in [1.54, 1.807) is 4.90 Å². The van der Waals surface area contributed by atoms with E-state index in [0.29, 0.717) is 13.1 Å². The average molecular weight is 321 g/mol. The summed E-state index contributed by atoms with van der Waals surface area (Å²) in [7, 11) is 0. The van der Waals surface area contributed by atoms with Crippen LogP contribution in [0.2, 0.25) is 0 Å². The van der Waals surface area contributed by atoms with Gasteiger partial charge in [-0.1, -0.05) is 44.2 Å². The summed E-state index contributed by atoms with van der Waals surface area (Å²) >= 11 is 0. The Morgan fingerprint density at radius 2 is 1.87 bits per heavy atom. The Hall–Kier alpha value is -1.92. The minimum atomic E-state index is -1.37. The van der Waals surface area contributed by atoms with E-state index in [1.165, 1.54) is 11.0 Å². The molecular formula is C17H27N3O3. The van der Waals surface area contributed by atoms with E-state index in [-0.39, 0.29) is 5.92 Å².